The maximum absolute atomic E-state index is 13.2. The molecular formula is C11H15ClFNO. The zero-order chi connectivity index (χ0) is 11.5. The molecule has 1 aromatic carbocycles. The van der Waals surface area contributed by atoms with Crippen molar-refractivity contribution >= 4 is 17.3 Å². The van der Waals surface area contributed by atoms with Gasteiger partial charge in [0.1, 0.15) is 5.82 Å². The van der Waals surface area contributed by atoms with E-state index in [9.17, 15) is 9.50 Å². The Balaban J connectivity index is 2.69. The fraction of sp³-hybridized carbons (Fsp3) is 0.455. The van der Waals surface area contributed by atoms with Crippen LogP contribution < -0.4 is 5.32 Å². The van der Waals surface area contributed by atoms with Gasteiger partial charge in [0.2, 0.25) is 0 Å². The molecule has 0 fully saturated rings. The van der Waals surface area contributed by atoms with Crippen LogP contribution in [0.25, 0.3) is 0 Å². The lowest BCUT2D eigenvalue weighted by Gasteiger charge is -2.22. The maximum Gasteiger partial charge on any atom is 0.146 e. The molecule has 2 nitrogen and oxygen atoms in total. The fourth-order valence-corrected chi connectivity index (χ4v) is 1.22. The van der Waals surface area contributed by atoms with Crippen LogP contribution in [0.5, 0.6) is 0 Å². The number of aliphatic hydroxyl groups is 1. The smallest absolute Gasteiger partial charge is 0.146 e. The van der Waals surface area contributed by atoms with E-state index in [1.54, 1.807) is 6.92 Å². The Bertz CT molecular complexity index is 341. The SMILES string of the molecule is CCC(C)(O)CNc1cc(Cl)ccc1F. The molecule has 0 saturated carbocycles. The first-order valence-corrected chi connectivity index (χ1v) is 5.24. The second kappa shape index (κ2) is 4.81. The molecule has 2 N–H and O–H groups in total. The Morgan fingerprint density at radius 1 is 1.53 bits per heavy atom. The molecule has 0 bridgehead atoms. The van der Waals surface area contributed by atoms with Crippen LogP contribution in [0.1, 0.15) is 20.3 Å². The molecule has 0 amide bonds. The van der Waals surface area contributed by atoms with Crippen LogP contribution in [0.2, 0.25) is 5.02 Å². The van der Waals surface area contributed by atoms with E-state index in [-0.39, 0.29) is 5.82 Å². The van der Waals surface area contributed by atoms with Crippen molar-refractivity contribution in [1.29, 1.82) is 0 Å². The van der Waals surface area contributed by atoms with E-state index in [0.717, 1.165) is 0 Å². The van der Waals surface area contributed by atoms with Gasteiger partial charge in [-0.1, -0.05) is 18.5 Å². The summed E-state index contributed by atoms with van der Waals surface area (Å²) in [6.07, 6.45) is 0.599. The van der Waals surface area contributed by atoms with Crippen molar-refractivity contribution in [3.63, 3.8) is 0 Å². The predicted molar refractivity (Wildman–Crippen MR) is 60.8 cm³/mol. The Labute approximate surface area is 94.1 Å². The van der Waals surface area contributed by atoms with E-state index in [4.69, 9.17) is 11.6 Å². The molecule has 0 saturated heterocycles. The van der Waals surface area contributed by atoms with Gasteiger partial charge >= 0.3 is 0 Å². The summed E-state index contributed by atoms with van der Waals surface area (Å²) in [6.45, 7) is 3.86. The zero-order valence-electron chi connectivity index (χ0n) is 8.85. The van der Waals surface area contributed by atoms with Crippen molar-refractivity contribution in [3.05, 3.63) is 29.0 Å². The van der Waals surface area contributed by atoms with Crippen LogP contribution >= 0.6 is 11.6 Å². The normalized spacial score (nSPS) is 14.7. The highest BCUT2D eigenvalue weighted by molar-refractivity contribution is 6.30. The molecule has 1 atom stereocenters. The molecule has 0 aliphatic heterocycles. The Kier molecular flexibility index (Phi) is 3.94. The fourth-order valence-electron chi connectivity index (χ4n) is 1.04. The standard InChI is InChI=1S/C11H15ClFNO/c1-3-11(2,15)7-14-10-6-8(12)4-5-9(10)13/h4-6,14-15H,3,7H2,1-2H3. The molecule has 15 heavy (non-hydrogen) atoms. The van der Waals surface area contributed by atoms with Gasteiger partial charge in [0.25, 0.3) is 0 Å². The van der Waals surface area contributed by atoms with E-state index < -0.39 is 5.60 Å². The van der Waals surface area contributed by atoms with Crippen molar-refractivity contribution in [2.45, 2.75) is 25.9 Å². The summed E-state index contributed by atoms with van der Waals surface area (Å²) in [5, 5.41) is 13.0. The lowest BCUT2D eigenvalue weighted by molar-refractivity contribution is 0.0697. The summed E-state index contributed by atoms with van der Waals surface area (Å²) in [4.78, 5) is 0. The number of nitrogens with one attached hydrogen (secondary N) is 1. The molecule has 1 rings (SSSR count). The highest BCUT2D eigenvalue weighted by Crippen LogP contribution is 2.20. The molecule has 0 aliphatic carbocycles. The van der Waals surface area contributed by atoms with Crippen molar-refractivity contribution in [3.8, 4) is 0 Å². The van der Waals surface area contributed by atoms with E-state index >= 15 is 0 Å². The third-order valence-corrected chi connectivity index (χ3v) is 2.58. The largest absolute Gasteiger partial charge is 0.388 e. The highest BCUT2D eigenvalue weighted by atomic mass is 35.5. The van der Waals surface area contributed by atoms with Crippen molar-refractivity contribution < 1.29 is 9.50 Å². The van der Waals surface area contributed by atoms with Gasteiger partial charge in [-0.15, -0.1) is 0 Å². The summed E-state index contributed by atoms with van der Waals surface area (Å²) >= 11 is 5.73. The first-order valence-electron chi connectivity index (χ1n) is 4.86. The number of halogens is 2. The Morgan fingerprint density at radius 2 is 2.20 bits per heavy atom. The molecule has 0 radical (unpaired) electrons. The number of hydrogen-bond donors (Lipinski definition) is 2. The first kappa shape index (κ1) is 12.3. The monoisotopic (exact) mass is 231 g/mol. The van der Waals surface area contributed by atoms with Crippen molar-refractivity contribution in [1.82, 2.24) is 0 Å². The minimum Gasteiger partial charge on any atom is -0.388 e. The predicted octanol–water partition coefficient (Wildman–Crippen LogP) is 3.05. The third kappa shape index (κ3) is 3.68. The van der Waals surface area contributed by atoms with Gasteiger partial charge in [-0.05, 0) is 31.5 Å². The second-order valence-corrected chi connectivity index (χ2v) is 4.26. The molecule has 0 spiro atoms. The quantitative estimate of drug-likeness (QED) is 0.835. The van der Waals surface area contributed by atoms with Gasteiger partial charge < -0.3 is 10.4 Å². The van der Waals surface area contributed by atoms with Gasteiger partial charge in [0.05, 0.1) is 11.3 Å². The topological polar surface area (TPSA) is 32.3 Å². The molecule has 1 aromatic rings. The summed E-state index contributed by atoms with van der Waals surface area (Å²) in [5.74, 6) is -0.369. The van der Waals surface area contributed by atoms with E-state index in [0.29, 0.717) is 23.7 Å². The molecule has 0 aromatic heterocycles. The number of rotatable bonds is 4. The average Bonchev–Trinajstić information content (AvgIpc) is 2.20. The van der Waals surface area contributed by atoms with Gasteiger partial charge in [0, 0.05) is 11.6 Å². The lowest BCUT2D eigenvalue weighted by Crippen LogP contribution is -2.32. The van der Waals surface area contributed by atoms with E-state index in [1.807, 2.05) is 6.92 Å². The second-order valence-electron chi connectivity index (χ2n) is 3.83. The van der Waals surface area contributed by atoms with Crippen LogP contribution in [0.4, 0.5) is 10.1 Å². The lowest BCUT2D eigenvalue weighted by atomic mass is 10.0. The van der Waals surface area contributed by atoms with E-state index in [2.05, 4.69) is 5.32 Å². The Hall–Kier alpha value is -0.800. The molecule has 0 aliphatic rings. The number of benzene rings is 1. The van der Waals surface area contributed by atoms with Gasteiger partial charge in [-0.25, -0.2) is 4.39 Å². The van der Waals surface area contributed by atoms with Crippen LogP contribution in [0.15, 0.2) is 18.2 Å². The Morgan fingerprint density at radius 3 is 2.80 bits per heavy atom. The average molecular weight is 232 g/mol. The zero-order valence-corrected chi connectivity index (χ0v) is 9.61. The highest BCUT2D eigenvalue weighted by Gasteiger charge is 2.17. The summed E-state index contributed by atoms with van der Waals surface area (Å²) in [7, 11) is 0. The number of hydrogen-bond acceptors (Lipinski definition) is 2. The van der Waals surface area contributed by atoms with Gasteiger partial charge in [-0.3, -0.25) is 0 Å². The van der Waals surface area contributed by atoms with Gasteiger partial charge in [-0.2, -0.15) is 0 Å². The van der Waals surface area contributed by atoms with E-state index in [1.165, 1.54) is 18.2 Å². The first-order chi connectivity index (χ1) is 6.94. The molecule has 0 heterocycles. The van der Waals surface area contributed by atoms with Crippen LogP contribution in [0, 0.1) is 5.82 Å². The minimum absolute atomic E-state index is 0.292. The molecule has 84 valence electrons. The van der Waals surface area contributed by atoms with Crippen molar-refractivity contribution in [2.75, 3.05) is 11.9 Å². The van der Waals surface area contributed by atoms with Crippen LogP contribution in [-0.4, -0.2) is 17.3 Å². The summed E-state index contributed by atoms with van der Waals surface area (Å²) in [5.41, 5.74) is -0.523. The molecular weight excluding hydrogens is 217 g/mol. The summed E-state index contributed by atoms with van der Waals surface area (Å²) in [6, 6.07) is 4.29. The minimum atomic E-state index is -0.839. The number of anilines is 1. The summed E-state index contributed by atoms with van der Waals surface area (Å²) < 4.78 is 13.2. The molecule has 1 unspecified atom stereocenters. The van der Waals surface area contributed by atoms with Crippen LogP contribution in [0.3, 0.4) is 0 Å². The van der Waals surface area contributed by atoms with Crippen molar-refractivity contribution in [2.24, 2.45) is 0 Å². The maximum atomic E-state index is 13.2. The molecule has 4 heteroatoms. The van der Waals surface area contributed by atoms with Gasteiger partial charge in [0.15, 0.2) is 0 Å². The third-order valence-electron chi connectivity index (χ3n) is 2.35. The van der Waals surface area contributed by atoms with Crippen LogP contribution in [-0.2, 0) is 0 Å².